The minimum Gasteiger partial charge on any atom is -0.348 e. The van der Waals surface area contributed by atoms with Gasteiger partial charge in [-0.2, -0.15) is 0 Å². The molecule has 1 aliphatic heterocycles. The summed E-state index contributed by atoms with van der Waals surface area (Å²) in [6, 6.07) is 2.08. The van der Waals surface area contributed by atoms with Crippen LogP contribution in [0, 0.1) is 10.1 Å². The van der Waals surface area contributed by atoms with Crippen LogP contribution in [0.1, 0.15) is 20.3 Å². The molecule has 0 bridgehead atoms. The van der Waals surface area contributed by atoms with E-state index in [4.69, 9.17) is 0 Å². The number of hydrogen-bond acceptors (Lipinski definition) is 5. The largest absolute Gasteiger partial charge is 0.348 e. The van der Waals surface area contributed by atoms with Gasteiger partial charge in [0.1, 0.15) is 0 Å². The van der Waals surface area contributed by atoms with Gasteiger partial charge in [0.15, 0.2) is 0 Å². The van der Waals surface area contributed by atoms with Crippen LogP contribution in [0.2, 0.25) is 0 Å². The van der Waals surface area contributed by atoms with Crippen molar-refractivity contribution in [1.82, 2.24) is 9.88 Å². The molecule has 0 radical (unpaired) electrons. The van der Waals surface area contributed by atoms with Crippen LogP contribution in [0.15, 0.2) is 16.7 Å². The number of hydrogen-bond donors (Lipinski definition) is 0. The zero-order valence-electron chi connectivity index (χ0n) is 11.8. The highest BCUT2D eigenvalue weighted by Crippen LogP contribution is 2.29. The predicted octanol–water partition coefficient (Wildman–Crippen LogP) is 2.67. The van der Waals surface area contributed by atoms with Gasteiger partial charge in [-0.3, -0.25) is 15.0 Å². The second-order valence-corrected chi connectivity index (χ2v) is 5.95. The molecule has 0 spiro atoms. The van der Waals surface area contributed by atoms with Crippen molar-refractivity contribution in [2.24, 2.45) is 0 Å². The minimum atomic E-state index is -0.367. The lowest BCUT2D eigenvalue weighted by atomic mass is 10.2. The zero-order chi connectivity index (χ0) is 14.7. The monoisotopic (exact) mass is 342 g/mol. The third kappa shape index (κ3) is 3.27. The summed E-state index contributed by atoms with van der Waals surface area (Å²) in [6.45, 7) is 7.79. The molecule has 7 heteroatoms. The minimum absolute atomic E-state index is 0.0661. The third-order valence-electron chi connectivity index (χ3n) is 3.84. The zero-order valence-corrected chi connectivity index (χ0v) is 13.3. The first-order valence-electron chi connectivity index (χ1n) is 6.81. The standard InChI is InChI=1S/C13H19BrN4O2/c1-3-10(2)16-4-6-17(7-5-16)13-12(18(19)20)8-11(14)9-15-13/h8-10H,3-7H2,1-2H3. The fourth-order valence-corrected chi connectivity index (χ4v) is 2.75. The average molecular weight is 343 g/mol. The summed E-state index contributed by atoms with van der Waals surface area (Å²) in [5.74, 6) is 0.474. The molecular formula is C13H19BrN4O2. The average Bonchev–Trinajstić information content (AvgIpc) is 2.46. The van der Waals surface area contributed by atoms with Crippen LogP contribution in [0.25, 0.3) is 0 Å². The van der Waals surface area contributed by atoms with E-state index in [1.165, 1.54) is 6.07 Å². The molecule has 0 N–H and O–H groups in total. The maximum atomic E-state index is 11.1. The first-order valence-corrected chi connectivity index (χ1v) is 7.61. The molecule has 1 aliphatic rings. The molecule has 0 aromatic carbocycles. The summed E-state index contributed by atoms with van der Waals surface area (Å²) in [4.78, 5) is 19.4. The van der Waals surface area contributed by atoms with Crippen molar-refractivity contribution < 1.29 is 4.92 Å². The molecule has 1 atom stereocenters. The molecule has 20 heavy (non-hydrogen) atoms. The summed E-state index contributed by atoms with van der Waals surface area (Å²) < 4.78 is 0.631. The van der Waals surface area contributed by atoms with Gasteiger partial charge in [-0.1, -0.05) is 6.92 Å². The molecule has 1 fully saturated rings. The summed E-state index contributed by atoms with van der Waals surface area (Å²) in [5, 5.41) is 11.1. The topological polar surface area (TPSA) is 62.5 Å². The van der Waals surface area contributed by atoms with Gasteiger partial charge >= 0.3 is 5.69 Å². The quantitative estimate of drug-likeness (QED) is 0.621. The summed E-state index contributed by atoms with van der Waals surface area (Å²) >= 11 is 3.23. The Balaban J connectivity index is 2.13. The Kier molecular flexibility index (Phi) is 4.93. The molecule has 2 rings (SSSR count). The molecule has 2 heterocycles. The molecule has 1 aromatic heterocycles. The van der Waals surface area contributed by atoms with Crippen LogP contribution in [-0.2, 0) is 0 Å². The Hall–Kier alpha value is -1.21. The van der Waals surface area contributed by atoms with E-state index < -0.39 is 0 Å². The number of pyridine rings is 1. The lowest BCUT2D eigenvalue weighted by molar-refractivity contribution is -0.384. The van der Waals surface area contributed by atoms with Gasteiger partial charge in [-0.05, 0) is 29.3 Å². The second kappa shape index (κ2) is 6.49. The smallest absolute Gasteiger partial charge is 0.312 e. The van der Waals surface area contributed by atoms with Crippen LogP contribution < -0.4 is 4.90 Å². The molecule has 110 valence electrons. The normalized spacial score (nSPS) is 18.1. The highest BCUT2D eigenvalue weighted by Gasteiger charge is 2.26. The summed E-state index contributed by atoms with van der Waals surface area (Å²) in [5.41, 5.74) is 0.0661. The Morgan fingerprint density at radius 2 is 2.10 bits per heavy atom. The van der Waals surface area contributed by atoms with Gasteiger partial charge in [0.25, 0.3) is 0 Å². The fraction of sp³-hybridized carbons (Fsp3) is 0.615. The highest BCUT2D eigenvalue weighted by atomic mass is 79.9. The third-order valence-corrected chi connectivity index (χ3v) is 4.27. The molecule has 1 saturated heterocycles. The van der Waals surface area contributed by atoms with E-state index >= 15 is 0 Å². The number of halogens is 1. The van der Waals surface area contributed by atoms with Crippen molar-refractivity contribution >= 4 is 27.4 Å². The van der Waals surface area contributed by atoms with Crippen molar-refractivity contribution in [3.05, 3.63) is 26.9 Å². The van der Waals surface area contributed by atoms with E-state index in [0.717, 1.165) is 32.6 Å². The molecule has 1 aromatic rings. The Bertz CT molecular complexity index is 489. The Morgan fingerprint density at radius 3 is 2.65 bits per heavy atom. The summed E-state index contributed by atoms with van der Waals surface area (Å²) in [6.07, 6.45) is 2.74. The number of nitrogens with zero attached hydrogens (tertiary/aromatic N) is 4. The maximum Gasteiger partial charge on any atom is 0.312 e. The van der Waals surface area contributed by atoms with E-state index in [-0.39, 0.29) is 10.6 Å². The number of anilines is 1. The number of piperazine rings is 1. The van der Waals surface area contributed by atoms with Crippen LogP contribution >= 0.6 is 15.9 Å². The molecule has 0 aliphatic carbocycles. The number of aromatic nitrogens is 1. The highest BCUT2D eigenvalue weighted by molar-refractivity contribution is 9.10. The fourth-order valence-electron chi connectivity index (χ4n) is 2.43. The van der Waals surface area contributed by atoms with Gasteiger partial charge < -0.3 is 4.90 Å². The predicted molar refractivity (Wildman–Crippen MR) is 82.1 cm³/mol. The number of rotatable bonds is 4. The van der Waals surface area contributed by atoms with Crippen LogP contribution in [-0.4, -0.2) is 47.0 Å². The SMILES string of the molecule is CCC(C)N1CCN(c2ncc(Br)cc2[N+](=O)[O-])CC1. The van der Waals surface area contributed by atoms with Crippen molar-refractivity contribution in [2.45, 2.75) is 26.3 Å². The number of nitro groups is 1. The van der Waals surface area contributed by atoms with Crippen molar-refractivity contribution in [3.8, 4) is 0 Å². The van der Waals surface area contributed by atoms with Crippen LogP contribution in [0.3, 0.4) is 0 Å². The van der Waals surface area contributed by atoms with Gasteiger partial charge in [-0.25, -0.2) is 4.98 Å². The van der Waals surface area contributed by atoms with Gasteiger partial charge in [0.2, 0.25) is 5.82 Å². The first-order chi connectivity index (χ1) is 9.52. The molecule has 0 amide bonds. The van der Waals surface area contributed by atoms with E-state index in [1.807, 2.05) is 4.90 Å². The van der Waals surface area contributed by atoms with Gasteiger partial charge in [0, 0.05) is 49.0 Å². The molecule has 6 nitrogen and oxygen atoms in total. The first kappa shape index (κ1) is 15.2. The van der Waals surface area contributed by atoms with E-state index in [0.29, 0.717) is 16.3 Å². The van der Waals surface area contributed by atoms with E-state index in [9.17, 15) is 10.1 Å². The van der Waals surface area contributed by atoms with Gasteiger partial charge in [-0.15, -0.1) is 0 Å². The molecule has 1 unspecified atom stereocenters. The van der Waals surface area contributed by atoms with Crippen molar-refractivity contribution in [1.29, 1.82) is 0 Å². The lowest BCUT2D eigenvalue weighted by Gasteiger charge is -2.38. The van der Waals surface area contributed by atoms with Gasteiger partial charge in [0.05, 0.1) is 4.92 Å². The maximum absolute atomic E-state index is 11.1. The van der Waals surface area contributed by atoms with Crippen LogP contribution in [0.5, 0.6) is 0 Å². The Labute approximate surface area is 127 Å². The molecular weight excluding hydrogens is 324 g/mol. The Morgan fingerprint density at radius 1 is 1.45 bits per heavy atom. The van der Waals surface area contributed by atoms with Crippen LogP contribution in [0.4, 0.5) is 11.5 Å². The lowest BCUT2D eigenvalue weighted by Crippen LogP contribution is -2.49. The second-order valence-electron chi connectivity index (χ2n) is 5.03. The van der Waals surface area contributed by atoms with Crippen molar-refractivity contribution in [3.63, 3.8) is 0 Å². The van der Waals surface area contributed by atoms with E-state index in [2.05, 4.69) is 39.7 Å². The summed E-state index contributed by atoms with van der Waals surface area (Å²) in [7, 11) is 0. The van der Waals surface area contributed by atoms with E-state index in [1.54, 1.807) is 6.20 Å². The molecule has 0 saturated carbocycles. The van der Waals surface area contributed by atoms with Crippen molar-refractivity contribution in [2.75, 3.05) is 31.1 Å².